The fraction of sp³-hybridized carbons (Fsp3) is 0.786. The van der Waals surface area contributed by atoms with E-state index in [0.717, 1.165) is 31.2 Å². The summed E-state index contributed by atoms with van der Waals surface area (Å²) in [6.07, 6.45) is 4.30. The van der Waals surface area contributed by atoms with Gasteiger partial charge in [-0.1, -0.05) is 13.8 Å². The molecule has 0 amide bonds. The third kappa shape index (κ3) is 3.91. The van der Waals surface area contributed by atoms with Gasteiger partial charge < -0.3 is 15.0 Å². The van der Waals surface area contributed by atoms with Crippen LogP contribution in [0.4, 0.5) is 5.13 Å². The summed E-state index contributed by atoms with van der Waals surface area (Å²) >= 11 is 1.79. The topological polar surface area (TPSA) is 37.4 Å². The zero-order chi connectivity index (χ0) is 13.9. The zero-order valence-corrected chi connectivity index (χ0v) is 13.2. The molecule has 1 fully saturated rings. The van der Waals surface area contributed by atoms with E-state index in [9.17, 15) is 0 Å². The standard InChI is InChI=1S/C14H25N3OS/c1-11(2)15-8-12-9-16-13(19-12)17-7-5-6-14(3,10-17)18-4/h9,11,15H,5-8,10H2,1-4H3. The van der Waals surface area contributed by atoms with E-state index in [1.807, 2.05) is 13.3 Å². The summed E-state index contributed by atoms with van der Waals surface area (Å²) in [4.78, 5) is 8.22. The van der Waals surface area contributed by atoms with Gasteiger partial charge in [-0.25, -0.2) is 4.98 Å². The monoisotopic (exact) mass is 283 g/mol. The number of nitrogens with zero attached hydrogens (tertiary/aromatic N) is 2. The minimum atomic E-state index is -0.0275. The smallest absolute Gasteiger partial charge is 0.185 e. The SMILES string of the molecule is COC1(C)CCCN(c2ncc(CNC(C)C)s2)C1. The molecule has 4 nitrogen and oxygen atoms in total. The highest BCUT2D eigenvalue weighted by molar-refractivity contribution is 7.15. The normalized spacial score (nSPS) is 24.2. The van der Waals surface area contributed by atoms with Gasteiger partial charge in [0.1, 0.15) is 0 Å². The van der Waals surface area contributed by atoms with Crippen LogP contribution in [0.1, 0.15) is 38.5 Å². The Morgan fingerprint density at radius 3 is 3.05 bits per heavy atom. The number of rotatable bonds is 5. The van der Waals surface area contributed by atoms with E-state index in [4.69, 9.17) is 4.74 Å². The number of thiazole rings is 1. The summed E-state index contributed by atoms with van der Waals surface area (Å²) in [5, 5.41) is 4.56. The summed E-state index contributed by atoms with van der Waals surface area (Å²) in [7, 11) is 1.81. The van der Waals surface area contributed by atoms with Crippen molar-refractivity contribution in [2.45, 2.75) is 51.8 Å². The van der Waals surface area contributed by atoms with Crippen LogP contribution in [0.3, 0.4) is 0 Å². The van der Waals surface area contributed by atoms with E-state index in [-0.39, 0.29) is 5.60 Å². The van der Waals surface area contributed by atoms with E-state index in [2.05, 4.69) is 36.0 Å². The molecule has 1 aromatic heterocycles. The average molecular weight is 283 g/mol. The molecule has 1 aromatic rings. The minimum absolute atomic E-state index is 0.0275. The maximum atomic E-state index is 5.64. The van der Waals surface area contributed by atoms with Crippen molar-refractivity contribution in [1.29, 1.82) is 0 Å². The summed E-state index contributed by atoms with van der Waals surface area (Å²) in [5.74, 6) is 0. The quantitative estimate of drug-likeness (QED) is 0.901. The van der Waals surface area contributed by atoms with Gasteiger partial charge in [0, 0.05) is 43.9 Å². The molecule has 2 rings (SSSR count). The predicted octanol–water partition coefficient (Wildman–Crippen LogP) is 2.65. The number of ether oxygens (including phenoxy) is 1. The number of piperidine rings is 1. The van der Waals surface area contributed by atoms with Gasteiger partial charge in [0.15, 0.2) is 5.13 Å². The van der Waals surface area contributed by atoms with Gasteiger partial charge in [-0.05, 0) is 19.8 Å². The molecule has 108 valence electrons. The van der Waals surface area contributed by atoms with Crippen LogP contribution in [-0.4, -0.2) is 36.8 Å². The molecule has 0 aliphatic carbocycles. The van der Waals surface area contributed by atoms with E-state index < -0.39 is 0 Å². The van der Waals surface area contributed by atoms with Crippen molar-refractivity contribution in [1.82, 2.24) is 10.3 Å². The van der Waals surface area contributed by atoms with E-state index in [0.29, 0.717) is 6.04 Å². The van der Waals surface area contributed by atoms with E-state index in [1.165, 1.54) is 11.3 Å². The van der Waals surface area contributed by atoms with Crippen LogP contribution in [-0.2, 0) is 11.3 Å². The number of aromatic nitrogens is 1. The van der Waals surface area contributed by atoms with Gasteiger partial charge in [-0.15, -0.1) is 11.3 Å². The molecular weight excluding hydrogens is 258 g/mol. The summed E-state index contributed by atoms with van der Waals surface area (Å²) in [5.41, 5.74) is -0.0275. The highest BCUT2D eigenvalue weighted by atomic mass is 32.1. The molecule has 1 aliphatic heterocycles. The first-order valence-electron chi connectivity index (χ1n) is 7.00. The lowest BCUT2D eigenvalue weighted by Gasteiger charge is -2.39. The van der Waals surface area contributed by atoms with Gasteiger partial charge in [-0.2, -0.15) is 0 Å². The second kappa shape index (κ2) is 6.20. The third-order valence-corrected chi connectivity index (χ3v) is 4.71. The van der Waals surface area contributed by atoms with Crippen LogP contribution >= 0.6 is 11.3 Å². The Morgan fingerprint density at radius 2 is 2.37 bits per heavy atom. The van der Waals surface area contributed by atoms with Crippen molar-refractivity contribution in [3.8, 4) is 0 Å². The van der Waals surface area contributed by atoms with E-state index >= 15 is 0 Å². The lowest BCUT2D eigenvalue weighted by Crippen LogP contribution is -2.47. The molecular formula is C14H25N3OS. The molecule has 0 aromatic carbocycles. The first-order chi connectivity index (χ1) is 9.02. The molecule has 1 aliphatic rings. The van der Waals surface area contributed by atoms with Gasteiger partial charge >= 0.3 is 0 Å². The van der Waals surface area contributed by atoms with Crippen LogP contribution in [0.5, 0.6) is 0 Å². The second-order valence-corrected chi connectivity index (χ2v) is 6.92. The van der Waals surface area contributed by atoms with Crippen molar-refractivity contribution in [2.75, 3.05) is 25.1 Å². The lowest BCUT2D eigenvalue weighted by atomic mass is 9.95. The number of hydrogen-bond donors (Lipinski definition) is 1. The fourth-order valence-corrected chi connectivity index (χ4v) is 3.25. The molecule has 5 heteroatoms. The minimum Gasteiger partial charge on any atom is -0.377 e. The molecule has 19 heavy (non-hydrogen) atoms. The number of methoxy groups -OCH3 is 1. The van der Waals surface area contributed by atoms with Crippen molar-refractivity contribution < 1.29 is 4.74 Å². The Kier molecular flexibility index (Phi) is 4.81. The van der Waals surface area contributed by atoms with Gasteiger partial charge in [-0.3, -0.25) is 0 Å². The molecule has 1 N–H and O–H groups in total. The molecule has 0 saturated carbocycles. The third-order valence-electron chi connectivity index (χ3n) is 3.65. The fourth-order valence-electron chi connectivity index (χ4n) is 2.37. The molecule has 0 radical (unpaired) electrons. The maximum Gasteiger partial charge on any atom is 0.185 e. The van der Waals surface area contributed by atoms with Gasteiger partial charge in [0.25, 0.3) is 0 Å². The molecule has 1 atom stereocenters. The Hall–Kier alpha value is -0.650. The highest BCUT2D eigenvalue weighted by Crippen LogP contribution is 2.30. The number of anilines is 1. The Labute approximate surface area is 120 Å². The number of nitrogens with one attached hydrogen (secondary N) is 1. The highest BCUT2D eigenvalue weighted by Gasteiger charge is 2.31. The van der Waals surface area contributed by atoms with Crippen molar-refractivity contribution in [3.63, 3.8) is 0 Å². The molecule has 0 spiro atoms. The van der Waals surface area contributed by atoms with Crippen LogP contribution in [0.25, 0.3) is 0 Å². The first kappa shape index (κ1) is 14.8. The predicted molar refractivity (Wildman–Crippen MR) is 81.0 cm³/mol. The number of hydrogen-bond acceptors (Lipinski definition) is 5. The first-order valence-corrected chi connectivity index (χ1v) is 7.82. The second-order valence-electron chi connectivity index (χ2n) is 5.82. The van der Waals surface area contributed by atoms with Gasteiger partial charge in [0.05, 0.1) is 5.60 Å². The maximum absolute atomic E-state index is 5.64. The molecule has 1 unspecified atom stereocenters. The summed E-state index contributed by atoms with van der Waals surface area (Å²) in [6.45, 7) is 9.45. The van der Waals surface area contributed by atoms with Crippen LogP contribution in [0.2, 0.25) is 0 Å². The van der Waals surface area contributed by atoms with Gasteiger partial charge in [0.2, 0.25) is 0 Å². The largest absolute Gasteiger partial charge is 0.377 e. The lowest BCUT2D eigenvalue weighted by molar-refractivity contribution is -0.00466. The Bertz CT molecular complexity index is 407. The van der Waals surface area contributed by atoms with Crippen molar-refractivity contribution in [2.24, 2.45) is 0 Å². The Balaban J connectivity index is 1.98. The average Bonchev–Trinajstić information content (AvgIpc) is 2.85. The summed E-state index contributed by atoms with van der Waals surface area (Å²) in [6, 6.07) is 0.511. The van der Waals surface area contributed by atoms with E-state index in [1.54, 1.807) is 11.3 Å². The van der Waals surface area contributed by atoms with Crippen molar-refractivity contribution >= 4 is 16.5 Å². The zero-order valence-electron chi connectivity index (χ0n) is 12.4. The van der Waals surface area contributed by atoms with Crippen LogP contribution in [0.15, 0.2) is 6.20 Å². The molecule has 2 heterocycles. The molecule has 0 bridgehead atoms. The van der Waals surface area contributed by atoms with Crippen molar-refractivity contribution in [3.05, 3.63) is 11.1 Å². The summed E-state index contributed by atoms with van der Waals surface area (Å²) < 4.78 is 5.64. The van der Waals surface area contributed by atoms with Crippen LogP contribution < -0.4 is 10.2 Å². The molecule has 1 saturated heterocycles. The van der Waals surface area contributed by atoms with Crippen LogP contribution in [0, 0.1) is 0 Å². The Morgan fingerprint density at radius 1 is 1.58 bits per heavy atom.